The number of nitrogens with zero attached hydrogens (tertiary/aromatic N) is 4. The third kappa shape index (κ3) is 4.10. The Kier molecular flexibility index (Phi) is 5.86. The van der Waals surface area contributed by atoms with Crippen LogP contribution in [0.15, 0.2) is 5.16 Å². The second-order valence-electron chi connectivity index (χ2n) is 4.96. The van der Waals surface area contributed by atoms with Crippen LogP contribution in [-0.4, -0.2) is 57.4 Å². The van der Waals surface area contributed by atoms with Crippen molar-refractivity contribution in [2.75, 3.05) is 30.3 Å². The van der Waals surface area contributed by atoms with Gasteiger partial charge in [0.05, 0.1) is 18.5 Å². The standard InChI is InChI=1S/C13H22N4O3S/c1-3-5-17-12(14-15-13(17)21-9-11(18)19)16-6-7-20-10(4-2)8-16/h10H,3-9H2,1-2H3,(H,18,19). The normalized spacial score (nSPS) is 19.0. The van der Waals surface area contributed by atoms with E-state index in [4.69, 9.17) is 9.84 Å². The quantitative estimate of drug-likeness (QED) is 0.763. The number of morpholine rings is 1. The molecule has 0 bridgehead atoms. The highest BCUT2D eigenvalue weighted by Gasteiger charge is 2.24. The molecule has 1 aromatic rings. The van der Waals surface area contributed by atoms with Crippen molar-refractivity contribution in [3.05, 3.63) is 0 Å². The average Bonchev–Trinajstić information content (AvgIpc) is 2.88. The summed E-state index contributed by atoms with van der Waals surface area (Å²) in [5.74, 6) is -0.0146. The maximum atomic E-state index is 10.7. The largest absolute Gasteiger partial charge is 0.481 e. The van der Waals surface area contributed by atoms with Gasteiger partial charge in [-0.3, -0.25) is 9.36 Å². The van der Waals surface area contributed by atoms with Gasteiger partial charge in [0.25, 0.3) is 0 Å². The van der Waals surface area contributed by atoms with E-state index in [1.165, 1.54) is 11.8 Å². The number of aromatic nitrogens is 3. The van der Waals surface area contributed by atoms with Crippen LogP contribution < -0.4 is 4.90 Å². The van der Waals surface area contributed by atoms with Crippen LogP contribution in [0, 0.1) is 0 Å². The number of carboxylic acids is 1. The summed E-state index contributed by atoms with van der Waals surface area (Å²) in [5, 5.41) is 17.9. The first-order valence-corrected chi connectivity index (χ1v) is 8.28. The number of carboxylic acid groups (broad SMARTS) is 1. The molecule has 1 aromatic heterocycles. The van der Waals surface area contributed by atoms with E-state index in [1.54, 1.807) is 0 Å². The predicted molar refractivity (Wildman–Crippen MR) is 80.9 cm³/mol. The van der Waals surface area contributed by atoms with Crippen LogP contribution in [0.4, 0.5) is 5.95 Å². The van der Waals surface area contributed by atoms with E-state index >= 15 is 0 Å². The lowest BCUT2D eigenvalue weighted by Gasteiger charge is -2.33. The average molecular weight is 314 g/mol. The van der Waals surface area contributed by atoms with E-state index in [9.17, 15) is 4.79 Å². The summed E-state index contributed by atoms with van der Waals surface area (Å²) in [6.07, 6.45) is 2.15. The van der Waals surface area contributed by atoms with Gasteiger partial charge in [0, 0.05) is 19.6 Å². The number of hydrogen-bond acceptors (Lipinski definition) is 6. The number of aliphatic carboxylic acids is 1. The van der Waals surface area contributed by atoms with E-state index in [0.717, 1.165) is 38.4 Å². The maximum absolute atomic E-state index is 10.7. The lowest BCUT2D eigenvalue weighted by Crippen LogP contribution is -2.43. The van der Waals surface area contributed by atoms with Crippen LogP contribution >= 0.6 is 11.8 Å². The molecule has 1 aliphatic rings. The molecular weight excluding hydrogens is 292 g/mol. The lowest BCUT2D eigenvalue weighted by molar-refractivity contribution is -0.133. The zero-order chi connectivity index (χ0) is 15.2. The third-order valence-corrected chi connectivity index (χ3v) is 4.30. The minimum Gasteiger partial charge on any atom is -0.481 e. The molecule has 21 heavy (non-hydrogen) atoms. The maximum Gasteiger partial charge on any atom is 0.313 e. The van der Waals surface area contributed by atoms with Gasteiger partial charge in [-0.15, -0.1) is 10.2 Å². The lowest BCUT2D eigenvalue weighted by atomic mass is 10.2. The second kappa shape index (κ2) is 7.65. The Morgan fingerprint density at radius 1 is 1.48 bits per heavy atom. The Morgan fingerprint density at radius 3 is 2.95 bits per heavy atom. The van der Waals surface area contributed by atoms with Crippen molar-refractivity contribution in [2.24, 2.45) is 0 Å². The van der Waals surface area contributed by atoms with Crippen LogP contribution in [0.2, 0.25) is 0 Å². The van der Waals surface area contributed by atoms with Crippen molar-refractivity contribution in [3.8, 4) is 0 Å². The van der Waals surface area contributed by atoms with Gasteiger partial charge in [-0.2, -0.15) is 0 Å². The number of carbonyl (C=O) groups is 1. The first-order chi connectivity index (χ1) is 10.2. The third-order valence-electron chi connectivity index (χ3n) is 3.35. The van der Waals surface area contributed by atoms with Crippen LogP contribution in [0.5, 0.6) is 0 Å². The van der Waals surface area contributed by atoms with Crippen molar-refractivity contribution in [2.45, 2.75) is 44.5 Å². The molecule has 0 spiro atoms. The smallest absolute Gasteiger partial charge is 0.313 e. The fraction of sp³-hybridized carbons (Fsp3) is 0.769. The molecule has 1 N–H and O–H groups in total. The molecule has 2 rings (SSSR count). The molecule has 0 aromatic carbocycles. The molecule has 0 saturated carbocycles. The van der Waals surface area contributed by atoms with Crippen LogP contribution in [0.25, 0.3) is 0 Å². The summed E-state index contributed by atoms with van der Waals surface area (Å²) in [6, 6.07) is 0. The Bertz CT molecular complexity index is 480. The monoisotopic (exact) mass is 314 g/mol. The van der Waals surface area contributed by atoms with Crippen molar-refractivity contribution in [3.63, 3.8) is 0 Å². The molecule has 0 radical (unpaired) electrons. The highest BCUT2D eigenvalue weighted by atomic mass is 32.2. The van der Waals surface area contributed by atoms with Gasteiger partial charge in [-0.1, -0.05) is 25.6 Å². The minimum absolute atomic E-state index is 0.00252. The molecule has 1 unspecified atom stereocenters. The Morgan fingerprint density at radius 2 is 2.29 bits per heavy atom. The van der Waals surface area contributed by atoms with E-state index in [0.29, 0.717) is 11.8 Å². The minimum atomic E-state index is -0.843. The van der Waals surface area contributed by atoms with Crippen molar-refractivity contribution >= 4 is 23.7 Å². The number of rotatable bonds is 7. The molecule has 8 heteroatoms. The molecule has 1 saturated heterocycles. The van der Waals surface area contributed by atoms with E-state index in [1.807, 2.05) is 4.57 Å². The van der Waals surface area contributed by atoms with Gasteiger partial charge < -0.3 is 14.7 Å². The first kappa shape index (κ1) is 16.1. The molecule has 1 aliphatic heterocycles. The van der Waals surface area contributed by atoms with Gasteiger partial charge in [0.15, 0.2) is 5.16 Å². The number of hydrogen-bond donors (Lipinski definition) is 1. The summed E-state index contributed by atoms with van der Waals surface area (Å²) >= 11 is 1.22. The summed E-state index contributed by atoms with van der Waals surface area (Å²) in [7, 11) is 0. The molecular formula is C13H22N4O3S. The number of thioether (sulfide) groups is 1. The molecule has 1 atom stereocenters. The highest BCUT2D eigenvalue weighted by Crippen LogP contribution is 2.24. The summed E-state index contributed by atoms with van der Waals surface area (Å²) in [5.41, 5.74) is 0. The van der Waals surface area contributed by atoms with Gasteiger partial charge in [-0.25, -0.2) is 0 Å². The first-order valence-electron chi connectivity index (χ1n) is 7.30. The van der Waals surface area contributed by atoms with Gasteiger partial charge in [0.2, 0.25) is 5.95 Å². The Balaban J connectivity index is 2.16. The fourth-order valence-electron chi connectivity index (χ4n) is 2.32. The predicted octanol–water partition coefficient (Wildman–Crippen LogP) is 1.48. The Labute approximate surface area is 128 Å². The van der Waals surface area contributed by atoms with Crippen molar-refractivity contribution < 1.29 is 14.6 Å². The second-order valence-corrected chi connectivity index (χ2v) is 5.91. The molecule has 2 heterocycles. The summed E-state index contributed by atoms with van der Waals surface area (Å²) in [4.78, 5) is 12.9. The van der Waals surface area contributed by atoms with E-state index in [2.05, 4.69) is 28.9 Å². The zero-order valence-electron chi connectivity index (χ0n) is 12.5. The van der Waals surface area contributed by atoms with E-state index in [-0.39, 0.29) is 11.9 Å². The zero-order valence-corrected chi connectivity index (χ0v) is 13.3. The Hall–Kier alpha value is -1.28. The summed E-state index contributed by atoms with van der Waals surface area (Å²) in [6.45, 7) is 7.28. The number of anilines is 1. The van der Waals surface area contributed by atoms with E-state index < -0.39 is 5.97 Å². The van der Waals surface area contributed by atoms with Crippen molar-refractivity contribution in [1.82, 2.24) is 14.8 Å². The van der Waals surface area contributed by atoms with Crippen molar-refractivity contribution in [1.29, 1.82) is 0 Å². The summed E-state index contributed by atoms with van der Waals surface area (Å²) < 4.78 is 7.70. The van der Waals surface area contributed by atoms with Gasteiger partial charge in [-0.05, 0) is 12.8 Å². The van der Waals surface area contributed by atoms with Gasteiger partial charge in [0.1, 0.15) is 0 Å². The van der Waals surface area contributed by atoms with Crippen LogP contribution in [0.1, 0.15) is 26.7 Å². The van der Waals surface area contributed by atoms with Crippen LogP contribution in [-0.2, 0) is 16.1 Å². The molecule has 0 amide bonds. The topological polar surface area (TPSA) is 80.5 Å². The van der Waals surface area contributed by atoms with Crippen LogP contribution in [0.3, 0.4) is 0 Å². The molecule has 118 valence electrons. The van der Waals surface area contributed by atoms with Gasteiger partial charge >= 0.3 is 5.97 Å². The highest BCUT2D eigenvalue weighted by molar-refractivity contribution is 7.99. The fourth-order valence-corrected chi connectivity index (χ4v) is 3.00. The molecule has 1 fully saturated rings. The molecule has 7 nitrogen and oxygen atoms in total. The SMILES string of the molecule is CCCn1c(SCC(=O)O)nnc1N1CCOC(CC)C1. The molecule has 0 aliphatic carbocycles. The number of ether oxygens (including phenoxy) is 1.